The zero-order valence-electron chi connectivity index (χ0n) is 17.3. The van der Waals surface area contributed by atoms with Crippen LogP contribution in [0.4, 0.5) is 5.13 Å². The van der Waals surface area contributed by atoms with Crippen molar-refractivity contribution in [2.24, 2.45) is 5.73 Å². The summed E-state index contributed by atoms with van der Waals surface area (Å²) in [6, 6.07) is 11.9. The SMILES string of the molecule is N#CC1=C(N)N(c2nnc(SCc3ccccc3Cl)s2)C2=C(C(=O)CCC2)[C@H]1c1ccsc1. The first-order valence-electron chi connectivity index (χ1n) is 10.3. The van der Waals surface area contributed by atoms with E-state index in [-0.39, 0.29) is 5.78 Å². The number of hydrogen-bond acceptors (Lipinski definition) is 9. The van der Waals surface area contributed by atoms with Crippen molar-refractivity contribution in [1.82, 2.24) is 10.2 Å². The second kappa shape index (κ2) is 9.31. The van der Waals surface area contributed by atoms with E-state index >= 15 is 0 Å². The summed E-state index contributed by atoms with van der Waals surface area (Å²) in [6.45, 7) is 0. The van der Waals surface area contributed by atoms with Gasteiger partial charge in [0.2, 0.25) is 5.13 Å². The number of anilines is 1. The number of nitriles is 1. The van der Waals surface area contributed by atoms with Gasteiger partial charge in [0.05, 0.1) is 17.6 Å². The highest BCUT2D eigenvalue weighted by Gasteiger charge is 2.41. The van der Waals surface area contributed by atoms with Gasteiger partial charge in [0.25, 0.3) is 0 Å². The Kier molecular flexibility index (Phi) is 6.25. The van der Waals surface area contributed by atoms with E-state index in [9.17, 15) is 10.1 Å². The predicted molar refractivity (Wildman–Crippen MR) is 133 cm³/mol. The van der Waals surface area contributed by atoms with E-state index in [2.05, 4.69) is 16.3 Å². The zero-order chi connectivity index (χ0) is 22.9. The first-order chi connectivity index (χ1) is 16.1. The molecular formula is C23H18ClN5OS3. The van der Waals surface area contributed by atoms with E-state index in [0.29, 0.717) is 45.7 Å². The second-order valence-electron chi connectivity index (χ2n) is 7.60. The number of allylic oxidation sites excluding steroid dienone is 3. The molecule has 0 spiro atoms. The van der Waals surface area contributed by atoms with Gasteiger partial charge in [-0.05, 0) is 46.9 Å². The van der Waals surface area contributed by atoms with Gasteiger partial charge in [0.15, 0.2) is 10.1 Å². The smallest absolute Gasteiger partial charge is 0.219 e. The molecule has 0 fully saturated rings. The maximum atomic E-state index is 13.1. The molecule has 0 bridgehead atoms. The number of thioether (sulfide) groups is 1. The number of ketones is 1. The van der Waals surface area contributed by atoms with Crippen LogP contribution in [0.5, 0.6) is 0 Å². The molecule has 33 heavy (non-hydrogen) atoms. The van der Waals surface area contributed by atoms with E-state index in [1.165, 1.54) is 34.4 Å². The minimum Gasteiger partial charge on any atom is -0.384 e. The summed E-state index contributed by atoms with van der Waals surface area (Å²) in [7, 11) is 0. The molecule has 0 amide bonds. The molecule has 5 rings (SSSR count). The zero-order valence-corrected chi connectivity index (χ0v) is 20.5. The molecule has 2 aliphatic rings. The molecule has 3 aromatic rings. The number of hydrogen-bond donors (Lipinski definition) is 1. The molecule has 0 saturated heterocycles. The average molecular weight is 512 g/mol. The number of carbonyl (C=O) groups excluding carboxylic acids is 1. The Morgan fingerprint density at radius 1 is 1.27 bits per heavy atom. The van der Waals surface area contributed by atoms with Gasteiger partial charge in [-0.3, -0.25) is 9.69 Å². The normalized spacial score (nSPS) is 18.5. The Bertz CT molecular complexity index is 1320. The summed E-state index contributed by atoms with van der Waals surface area (Å²) >= 11 is 10.7. The molecular weight excluding hydrogens is 494 g/mol. The number of nitrogens with zero attached hydrogens (tertiary/aromatic N) is 4. The molecule has 6 nitrogen and oxygen atoms in total. The lowest BCUT2D eigenvalue weighted by atomic mass is 9.76. The summed E-state index contributed by atoms with van der Waals surface area (Å²) in [6.07, 6.45) is 1.91. The summed E-state index contributed by atoms with van der Waals surface area (Å²) in [4.78, 5) is 14.8. The summed E-state index contributed by atoms with van der Waals surface area (Å²) in [5.41, 5.74) is 10.4. The van der Waals surface area contributed by atoms with Crippen LogP contribution in [0.25, 0.3) is 0 Å². The monoisotopic (exact) mass is 511 g/mol. The Hall–Kier alpha value is -2.64. The summed E-state index contributed by atoms with van der Waals surface area (Å²) in [5, 5.41) is 23.9. The van der Waals surface area contributed by atoms with Crippen LogP contribution in [0.1, 0.15) is 36.3 Å². The lowest BCUT2D eigenvalue weighted by molar-refractivity contribution is -0.116. The predicted octanol–water partition coefficient (Wildman–Crippen LogP) is 5.85. The molecule has 0 unspecified atom stereocenters. The number of Topliss-reactive ketones (excluding diaryl/α,β-unsaturated/α-hetero) is 1. The number of halogens is 1. The average Bonchev–Trinajstić information content (AvgIpc) is 3.50. The van der Waals surface area contributed by atoms with Crippen LogP contribution in [-0.2, 0) is 10.5 Å². The third-order valence-corrected chi connectivity index (χ3v) is 8.85. The van der Waals surface area contributed by atoms with Crippen molar-refractivity contribution in [2.75, 3.05) is 4.90 Å². The van der Waals surface area contributed by atoms with E-state index in [0.717, 1.165) is 27.6 Å². The topological polar surface area (TPSA) is 95.9 Å². The van der Waals surface area contributed by atoms with Crippen molar-refractivity contribution in [3.05, 3.63) is 79.9 Å². The maximum Gasteiger partial charge on any atom is 0.219 e. The molecule has 2 N–H and O–H groups in total. The van der Waals surface area contributed by atoms with Gasteiger partial charge in [-0.25, -0.2) is 0 Å². The van der Waals surface area contributed by atoms with Gasteiger partial charge in [-0.1, -0.05) is 52.9 Å². The van der Waals surface area contributed by atoms with Crippen LogP contribution >= 0.6 is 46.0 Å². The fraction of sp³-hybridized carbons (Fsp3) is 0.217. The van der Waals surface area contributed by atoms with Gasteiger partial charge in [-0.2, -0.15) is 16.6 Å². The highest BCUT2D eigenvalue weighted by molar-refractivity contribution is 8.00. The Morgan fingerprint density at radius 3 is 2.88 bits per heavy atom. The molecule has 1 aliphatic heterocycles. The largest absolute Gasteiger partial charge is 0.384 e. The molecule has 0 saturated carbocycles. The lowest BCUT2D eigenvalue weighted by Gasteiger charge is -2.37. The number of rotatable bonds is 5. The molecule has 1 aliphatic carbocycles. The van der Waals surface area contributed by atoms with Gasteiger partial charge >= 0.3 is 0 Å². The van der Waals surface area contributed by atoms with Gasteiger partial charge in [0.1, 0.15) is 5.82 Å². The van der Waals surface area contributed by atoms with Crippen LogP contribution in [0.2, 0.25) is 5.02 Å². The first-order valence-corrected chi connectivity index (χ1v) is 13.4. The minimum atomic E-state index is -0.428. The second-order valence-corrected chi connectivity index (χ2v) is 11.0. The van der Waals surface area contributed by atoms with Crippen LogP contribution in [-0.4, -0.2) is 16.0 Å². The Morgan fingerprint density at radius 2 is 2.12 bits per heavy atom. The van der Waals surface area contributed by atoms with Gasteiger partial charge < -0.3 is 5.73 Å². The van der Waals surface area contributed by atoms with Gasteiger partial charge in [0, 0.05) is 28.5 Å². The fourth-order valence-corrected chi connectivity index (χ4v) is 7.04. The molecule has 10 heteroatoms. The number of nitrogens with two attached hydrogens (primary N) is 1. The van der Waals surface area contributed by atoms with E-state index in [1.807, 2.05) is 41.1 Å². The van der Waals surface area contributed by atoms with Crippen molar-refractivity contribution >= 4 is 57.0 Å². The van der Waals surface area contributed by atoms with Crippen LogP contribution in [0, 0.1) is 11.3 Å². The third-order valence-electron chi connectivity index (χ3n) is 5.69. The first kappa shape index (κ1) is 22.2. The molecule has 1 aromatic carbocycles. The highest BCUT2D eigenvalue weighted by Crippen LogP contribution is 2.47. The molecule has 1 atom stereocenters. The lowest BCUT2D eigenvalue weighted by Crippen LogP contribution is -2.38. The standard InChI is InChI=1S/C23H18ClN5OS3/c24-16-5-2-1-4-13(16)12-32-23-28-27-22(33-23)29-17-6-3-7-18(30)20(17)19(14-8-9-31-11-14)15(10-25)21(29)26/h1-2,4-5,8-9,11,19H,3,6-7,12,26H2/t19-/m0/s1. The summed E-state index contributed by atoms with van der Waals surface area (Å²) in [5.74, 6) is 0.620. The van der Waals surface area contributed by atoms with Crippen LogP contribution in [0.3, 0.4) is 0 Å². The van der Waals surface area contributed by atoms with E-state index < -0.39 is 5.92 Å². The third kappa shape index (κ3) is 4.08. The molecule has 2 aromatic heterocycles. The van der Waals surface area contributed by atoms with Crippen molar-refractivity contribution in [3.8, 4) is 6.07 Å². The summed E-state index contributed by atoms with van der Waals surface area (Å²) < 4.78 is 0.764. The van der Waals surface area contributed by atoms with E-state index in [4.69, 9.17) is 17.3 Å². The van der Waals surface area contributed by atoms with Gasteiger partial charge in [-0.15, -0.1) is 10.2 Å². The van der Waals surface area contributed by atoms with Crippen molar-refractivity contribution in [2.45, 2.75) is 35.3 Å². The van der Waals surface area contributed by atoms with E-state index in [1.54, 1.807) is 4.90 Å². The minimum absolute atomic E-state index is 0.0653. The molecule has 3 heterocycles. The molecule has 166 valence electrons. The number of benzene rings is 1. The quantitative estimate of drug-likeness (QED) is 0.429. The van der Waals surface area contributed by atoms with Crippen molar-refractivity contribution in [1.29, 1.82) is 5.26 Å². The highest BCUT2D eigenvalue weighted by atomic mass is 35.5. The molecule has 0 radical (unpaired) electrons. The fourth-order valence-electron chi connectivity index (χ4n) is 4.18. The van der Waals surface area contributed by atoms with Crippen LogP contribution in [0.15, 0.2) is 68.1 Å². The number of thiophene rings is 1. The number of carbonyl (C=O) groups is 1. The van der Waals surface area contributed by atoms with Crippen LogP contribution < -0.4 is 10.6 Å². The number of aromatic nitrogens is 2. The Labute approximate surface area is 208 Å². The maximum absolute atomic E-state index is 13.1. The van der Waals surface area contributed by atoms with Crippen molar-refractivity contribution < 1.29 is 4.79 Å². The van der Waals surface area contributed by atoms with Crippen molar-refractivity contribution in [3.63, 3.8) is 0 Å². The Balaban J connectivity index is 1.52.